The van der Waals surface area contributed by atoms with Gasteiger partial charge in [-0.15, -0.1) is 0 Å². The van der Waals surface area contributed by atoms with Crippen molar-refractivity contribution in [2.75, 3.05) is 13.2 Å². The van der Waals surface area contributed by atoms with Gasteiger partial charge >= 0.3 is 0 Å². The number of ether oxygens (including phenoxy) is 2. The van der Waals surface area contributed by atoms with Gasteiger partial charge in [0, 0.05) is 5.56 Å². The topological polar surface area (TPSA) is 18.5 Å². The summed E-state index contributed by atoms with van der Waals surface area (Å²) in [6, 6.07) is 9.80. The third-order valence-electron chi connectivity index (χ3n) is 4.51. The quantitative estimate of drug-likeness (QED) is 0.776. The van der Waals surface area contributed by atoms with Gasteiger partial charge < -0.3 is 9.47 Å². The summed E-state index contributed by atoms with van der Waals surface area (Å²) in [6.45, 7) is 3.11. The lowest BCUT2D eigenvalue weighted by molar-refractivity contribution is 0.164. The van der Waals surface area contributed by atoms with E-state index in [1.807, 2.05) is 18.2 Å². The van der Waals surface area contributed by atoms with E-state index < -0.39 is 0 Å². The molecule has 2 aromatic rings. The number of halogens is 1. The Hall–Kier alpha value is -2.03. The van der Waals surface area contributed by atoms with E-state index in [1.165, 1.54) is 11.1 Å². The fourth-order valence-corrected chi connectivity index (χ4v) is 3.40. The van der Waals surface area contributed by atoms with Gasteiger partial charge in [-0.2, -0.15) is 0 Å². The van der Waals surface area contributed by atoms with E-state index in [9.17, 15) is 4.39 Å². The van der Waals surface area contributed by atoms with Crippen molar-refractivity contribution >= 4 is 0 Å². The van der Waals surface area contributed by atoms with Crippen LogP contribution < -0.4 is 9.47 Å². The SMILES string of the molecule is C[C@H]1CCc2c(-c3ccc4c(c3F)OCCO4)cccc21. The molecule has 21 heavy (non-hydrogen) atoms. The van der Waals surface area contributed by atoms with Gasteiger partial charge in [-0.05, 0) is 47.6 Å². The van der Waals surface area contributed by atoms with Crippen molar-refractivity contribution in [1.29, 1.82) is 0 Å². The maximum absolute atomic E-state index is 14.8. The van der Waals surface area contributed by atoms with Crippen LogP contribution in [0, 0.1) is 5.82 Å². The number of hydrogen-bond acceptors (Lipinski definition) is 2. The maximum atomic E-state index is 14.8. The lowest BCUT2D eigenvalue weighted by atomic mass is 9.94. The Morgan fingerprint density at radius 1 is 1.05 bits per heavy atom. The van der Waals surface area contributed by atoms with Gasteiger partial charge in [0.15, 0.2) is 17.3 Å². The van der Waals surface area contributed by atoms with Crippen LogP contribution >= 0.6 is 0 Å². The molecule has 0 bridgehead atoms. The molecule has 0 unspecified atom stereocenters. The van der Waals surface area contributed by atoms with Crippen LogP contribution in [-0.4, -0.2) is 13.2 Å². The minimum atomic E-state index is -0.305. The molecule has 0 spiro atoms. The summed E-state index contributed by atoms with van der Waals surface area (Å²) in [4.78, 5) is 0. The Labute approximate surface area is 123 Å². The molecule has 1 atom stereocenters. The van der Waals surface area contributed by atoms with Crippen molar-refractivity contribution < 1.29 is 13.9 Å². The molecule has 0 fully saturated rings. The average molecular weight is 284 g/mol. The largest absolute Gasteiger partial charge is 0.486 e. The summed E-state index contributed by atoms with van der Waals surface area (Å²) in [5.41, 5.74) is 4.24. The predicted octanol–water partition coefficient (Wildman–Crippen LogP) is 4.31. The summed E-state index contributed by atoms with van der Waals surface area (Å²) in [5.74, 6) is 1.01. The van der Waals surface area contributed by atoms with Gasteiger partial charge in [-0.1, -0.05) is 25.1 Å². The van der Waals surface area contributed by atoms with E-state index in [4.69, 9.17) is 9.47 Å². The molecule has 108 valence electrons. The van der Waals surface area contributed by atoms with Crippen LogP contribution in [0.5, 0.6) is 11.5 Å². The zero-order valence-electron chi connectivity index (χ0n) is 12.0. The molecule has 0 saturated carbocycles. The van der Waals surface area contributed by atoms with Gasteiger partial charge in [-0.25, -0.2) is 4.39 Å². The summed E-state index contributed by atoms with van der Waals surface area (Å²) >= 11 is 0. The van der Waals surface area contributed by atoms with Crippen LogP contribution in [0.3, 0.4) is 0 Å². The predicted molar refractivity (Wildman–Crippen MR) is 79.6 cm³/mol. The molecule has 2 aromatic carbocycles. The van der Waals surface area contributed by atoms with Gasteiger partial charge in [0.1, 0.15) is 13.2 Å². The highest BCUT2D eigenvalue weighted by Gasteiger charge is 2.25. The molecule has 0 saturated heterocycles. The fourth-order valence-electron chi connectivity index (χ4n) is 3.40. The van der Waals surface area contributed by atoms with Gasteiger partial charge in [-0.3, -0.25) is 0 Å². The van der Waals surface area contributed by atoms with E-state index in [2.05, 4.69) is 13.0 Å². The smallest absolute Gasteiger partial charge is 0.197 e. The van der Waals surface area contributed by atoms with Crippen LogP contribution in [0.25, 0.3) is 11.1 Å². The highest BCUT2D eigenvalue weighted by atomic mass is 19.1. The zero-order valence-corrected chi connectivity index (χ0v) is 12.0. The van der Waals surface area contributed by atoms with E-state index >= 15 is 0 Å². The second-order valence-electron chi connectivity index (χ2n) is 5.76. The molecule has 0 radical (unpaired) electrons. The van der Waals surface area contributed by atoms with E-state index in [0.29, 0.717) is 30.4 Å². The molecule has 3 heteroatoms. The molecular weight excluding hydrogens is 267 g/mol. The second kappa shape index (κ2) is 4.76. The minimum Gasteiger partial charge on any atom is -0.486 e. The Balaban J connectivity index is 1.89. The molecule has 0 aromatic heterocycles. The van der Waals surface area contributed by atoms with Crippen molar-refractivity contribution in [2.45, 2.75) is 25.7 Å². The molecule has 4 rings (SSSR count). The van der Waals surface area contributed by atoms with Crippen molar-refractivity contribution in [3.05, 3.63) is 47.3 Å². The molecular formula is C18H17FO2. The first-order chi connectivity index (χ1) is 10.3. The molecule has 1 aliphatic heterocycles. The first-order valence-corrected chi connectivity index (χ1v) is 7.46. The molecule has 2 nitrogen and oxygen atoms in total. The van der Waals surface area contributed by atoms with Crippen molar-refractivity contribution in [3.8, 4) is 22.6 Å². The summed E-state index contributed by atoms with van der Waals surface area (Å²) < 4.78 is 25.7. The maximum Gasteiger partial charge on any atom is 0.197 e. The summed E-state index contributed by atoms with van der Waals surface area (Å²) in [5, 5.41) is 0. The first kappa shape index (κ1) is 12.7. The van der Waals surface area contributed by atoms with Crippen LogP contribution in [0.2, 0.25) is 0 Å². The van der Waals surface area contributed by atoms with Gasteiger partial charge in [0.2, 0.25) is 0 Å². The first-order valence-electron chi connectivity index (χ1n) is 7.46. The third kappa shape index (κ3) is 1.91. The van der Waals surface area contributed by atoms with Crippen LogP contribution in [-0.2, 0) is 6.42 Å². The Bertz CT molecular complexity index is 709. The fraction of sp³-hybridized carbons (Fsp3) is 0.333. The average Bonchev–Trinajstić information content (AvgIpc) is 2.90. The van der Waals surface area contributed by atoms with E-state index in [-0.39, 0.29) is 11.6 Å². The van der Waals surface area contributed by atoms with Crippen LogP contribution in [0.15, 0.2) is 30.3 Å². The molecule has 1 aliphatic carbocycles. The standard InChI is InChI=1S/C18H17FO2/c1-11-5-6-14-12(11)3-2-4-13(14)15-7-8-16-18(17(15)19)21-10-9-20-16/h2-4,7-8,11H,5-6,9-10H2,1H3/t11-/m0/s1. The normalized spacial score (nSPS) is 19.4. The summed E-state index contributed by atoms with van der Waals surface area (Å²) in [7, 11) is 0. The molecule has 0 amide bonds. The van der Waals surface area contributed by atoms with Crippen molar-refractivity contribution in [1.82, 2.24) is 0 Å². The number of rotatable bonds is 1. The highest BCUT2D eigenvalue weighted by molar-refractivity contribution is 5.73. The molecule has 0 N–H and O–H groups in total. The monoisotopic (exact) mass is 284 g/mol. The Kier molecular flexibility index (Phi) is 2.88. The number of hydrogen-bond donors (Lipinski definition) is 0. The van der Waals surface area contributed by atoms with E-state index in [1.54, 1.807) is 6.07 Å². The number of fused-ring (bicyclic) bond motifs is 2. The zero-order chi connectivity index (χ0) is 14.4. The third-order valence-corrected chi connectivity index (χ3v) is 4.51. The second-order valence-corrected chi connectivity index (χ2v) is 5.76. The minimum absolute atomic E-state index is 0.252. The number of benzene rings is 2. The highest BCUT2D eigenvalue weighted by Crippen LogP contribution is 2.43. The van der Waals surface area contributed by atoms with E-state index in [0.717, 1.165) is 18.4 Å². The van der Waals surface area contributed by atoms with Crippen LogP contribution in [0.1, 0.15) is 30.4 Å². The van der Waals surface area contributed by atoms with Gasteiger partial charge in [0.05, 0.1) is 0 Å². The lowest BCUT2D eigenvalue weighted by Gasteiger charge is -2.20. The summed E-state index contributed by atoms with van der Waals surface area (Å²) in [6.07, 6.45) is 2.15. The Morgan fingerprint density at radius 2 is 1.90 bits per heavy atom. The lowest BCUT2D eigenvalue weighted by Crippen LogP contribution is -2.16. The molecule has 2 aliphatic rings. The molecule has 1 heterocycles. The van der Waals surface area contributed by atoms with Crippen LogP contribution in [0.4, 0.5) is 4.39 Å². The van der Waals surface area contributed by atoms with Crippen molar-refractivity contribution in [2.24, 2.45) is 0 Å². The van der Waals surface area contributed by atoms with Crippen molar-refractivity contribution in [3.63, 3.8) is 0 Å². The Morgan fingerprint density at radius 3 is 2.81 bits per heavy atom. The van der Waals surface area contributed by atoms with Gasteiger partial charge in [0.25, 0.3) is 0 Å².